The second kappa shape index (κ2) is 8.66. The van der Waals surface area contributed by atoms with Crippen LogP contribution in [-0.4, -0.2) is 25.6 Å². The Labute approximate surface area is 157 Å². The monoisotopic (exact) mass is 396 g/mol. The zero-order valence-corrected chi connectivity index (χ0v) is 16.3. The van der Waals surface area contributed by atoms with E-state index in [1.165, 1.54) is 36.0 Å². The summed E-state index contributed by atoms with van der Waals surface area (Å²) in [5.41, 5.74) is 0.505. The molecule has 0 aliphatic carbocycles. The number of halogens is 1. The highest BCUT2D eigenvalue weighted by Crippen LogP contribution is 2.24. The molecule has 2 rings (SSSR count). The fraction of sp³-hybridized carbons (Fsp3) is 0.278. The van der Waals surface area contributed by atoms with Gasteiger partial charge in [0.15, 0.2) is 0 Å². The van der Waals surface area contributed by atoms with Gasteiger partial charge in [-0.05, 0) is 69.3 Å². The minimum atomic E-state index is -3.56. The molecule has 26 heavy (non-hydrogen) atoms. The predicted octanol–water partition coefficient (Wildman–Crippen LogP) is 3.63. The van der Waals surface area contributed by atoms with Crippen molar-refractivity contribution in [2.24, 2.45) is 0 Å². The van der Waals surface area contributed by atoms with Crippen molar-refractivity contribution in [3.05, 3.63) is 54.3 Å². The van der Waals surface area contributed by atoms with Crippen LogP contribution < -0.4 is 10.0 Å². The Balaban J connectivity index is 1.99. The van der Waals surface area contributed by atoms with Gasteiger partial charge in [-0.15, -0.1) is 11.8 Å². The lowest BCUT2D eigenvalue weighted by molar-refractivity contribution is -0.115. The number of carbonyl (C=O) groups excluding carboxylic acids is 1. The Morgan fingerprint density at radius 2 is 1.58 bits per heavy atom. The number of anilines is 1. The van der Waals surface area contributed by atoms with E-state index in [-0.39, 0.29) is 22.7 Å². The van der Waals surface area contributed by atoms with Crippen LogP contribution in [0.3, 0.4) is 0 Å². The minimum Gasteiger partial charge on any atom is -0.325 e. The van der Waals surface area contributed by atoms with Crippen molar-refractivity contribution in [1.82, 2.24) is 4.72 Å². The number of hydrogen-bond acceptors (Lipinski definition) is 4. The van der Waals surface area contributed by atoms with Crippen LogP contribution in [0.25, 0.3) is 0 Å². The second-order valence-electron chi connectivity index (χ2n) is 6.00. The number of sulfonamides is 1. The van der Waals surface area contributed by atoms with Gasteiger partial charge in [-0.1, -0.05) is 0 Å². The number of carbonyl (C=O) groups is 1. The smallest absolute Gasteiger partial charge is 0.240 e. The number of benzene rings is 2. The van der Waals surface area contributed by atoms with Crippen LogP contribution in [0.2, 0.25) is 0 Å². The summed E-state index contributed by atoms with van der Waals surface area (Å²) in [4.78, 5) is 13.2. The lowest BCUT2D eigenvalue weighted by Crippen LogP contribution is -2.30. The molecule has 5 nitrogen and oxygen atoms in total. The van der Waals surface area contributed by atoms with Gasteiger partial charge in [0.2, 0.25) is 15.9 Å². The number of nitrogens with one attached hydrogen (secondary N) is 2. The number of rotatable bonds is 7. The van der Waals surface area contributed by atoms with Crippen LogP contribution in [0.1, 0.15) is 20.8 Å². The highest BCUT2D eigenvalue weighted by atomic mass is 32.2. The van der Waals surface area contributed by atoms with E-state index in [0.717, 1.165) is 4.90 Å². The molecule has 2 N–H and O–H groups in total. The van der Waals surface area contributed by atoms with Crippen molar-refractivity contribution in [3.63, 3.8) is 0 Å². The summed E-state index contributed by atoms with van der Waals surface area (Å²) < 4.78 is 39.6. The summed E-state index contributed by atoms with van der Waals surface area (Å²) in [5, 5.41) is 2.35. The van der Waals surface area contributed by atoms with Crippen molar-refractivity contribution in [2.75, 3.05) is 5.32 Å². The third-order valence-electron chi connectivity index (χ3n) is 3.32. The molecule has 1 unspecified atom stereocenters. The average Bonchev–Trinajstić information content (AvgIpc) is 2.56. The first-order valence-electron chi connectivity index (χ1n) is 8.03. The molecular weight excluding hydrogens is 375 g/mol. The molecule has 0 fully saturated rings. The summed E-state index contributed by atoms with van der Waals surface area (Å²) in [5.74, 6) is -0.552. The highest BCUT2D eigenvalue weighted by molar-refractivity contribution is 8.00. The third-order valence-corrected chi connectivity index (χ3v) is 6.11. The van der Waals surface area contributed by atoms with Gasteiger partial charge in [0.05, 0.1) is 10.1 Å². The van der Waals surface area contributed by atoms with Crippen LogP contribution in [0, 0.1) is 5.82 Å². The van der Waals surface area contributed by atoms with Gasteiger partial charge in [-0.2, -0.15) is 0 Å². The quantitative estimate of drug-likeness (QED) is 0.701. The second-order valence-corrected chi connectivity index (χ2v) is 9.13. The maximum Gasteiger partial charge on any atom is 0.240 e. The van der Waals surface area contributed by atoms with Crippen molar-refractivity contribution >= 4 is 33.4 Å². The lowest BCUT2D eigenvalue weighted by atomic mass is 10.3. The van der Waals surface area contributed by atoms with Crippen molar-refractivity contribution in [3.8, 4) is 0 Å². The highest BCUT2D eigenvalue weighted by Gasteiger charge is 2.17. The summed E-state index contributed by atoms with van der Waals surface area (Å²) >= 11 is 1.31. The molecule has 0 radical (unpaired) electrons. The van der Waals surface area contributed by atoms with E-state index < -0.39 is 15.3 Å². The van der Waals surface area contributed by atoms with Crippen LogP contribution in [0.5, 0.6) is 0 Å². The molecule has 0 aliphatic rings. The fourth-order valence-corrected chi connectivity index (χ4v) is 4.23. The van der Waals surface area contributed by atoms with Crippen LogP contribution in [-0.2, 0) is 14.8 Å². The van der Waals surface area contributed by atoms with E-state index in [9.17, 15) is 17.6 Å². The van der Waals surface area contributed by atoms with Gasteiger partial charge < -0.3 is 5.32 Å². The Kier molecular flexibility index (Phi) is 6.80. The largest absolute Gasteiger partial charge is 0.325 e. The number of thioether (sulfide) groups is 1. The molecule has 2 aromatic carbocycles. The van der Waals surface area contributed by atoms with Crippen LogP contribution in [0.15, 0.2) is 58.3 Å². The molecule has 8 heteroatoms. The Bertz CT molecular complexity index is 851. The van der Waals surface area contributed by atoms with Crippen molar-refractivity contribution in [1.29, 1.82) is 0 Å². The van der Waals surface area contributed by atoms with Crippen LogP contribution >= 0.6 is 11.8 Å². The van der Waals surface area contributed by atoms with Gasteiger partial charge in [-0.3, -0.25) is 4.79 Å². The third kappa shape index (κ3) is 5.82. The fourth-order valence-electron chi connectivity index (χ4n) is 2.11. The number of amides is 1. The maximum atomic E-state index is 12.9. The van der Waals surface area contributed by atoms with E-state index in [4.69, 9.17) is 0 Å². The molecule has 0 saturated heterocycles. The predicted molar refractivity (Wildman–Crippen MR) is 102 cm³/mol. The molecular formula is C18H21FN2O3S2. The summed E-state index contributed by atoms with van der Waals surface area (Å²) in [6, 6.07) is 11.7. The minimum absolute atomic E-state index is 0.137. The van der Waals surface area contributed by atoms with E-state index in [2.05, 4.69) is 10.0 Å². The molecule has 0 aliphatic heterocycles. The average molecular weight is 397 g/mol. The lowest BCUT2D eigenvalue weighted by Gasteiger charge is -2.13. The molecule has 0 heterocycles. The van der Waals surface area contributed by atoms with Gasteiger partial charge in [-0.25, -0.2) is 17.5 Å². The standard InChI is InChI=1S/C18H21FN2O3S2/c1-12(2)21-26(23,24)17-10-6-15(7-11-17)20-18(22)13(3)25-16-8-4-14(19)5-9-16/h4-13,21H,1-3H3,(H,20,22). The van der Waals surface area contributed by atoms with Crippen molar-refractivity contribution < 1.29 is 17.6 Å². The molecule has 2 aromatic rings. The zero-order valence-electron chi connectivity index (χ0n) is 14.7. The summed E-state index contributed by atoms with van der Waals surface area (Å²) in [6.07, 6.45) is 0. The molecule has 0 saturated carbocycles. The summed E-state index contributed by atoms with van der Waals surface area (Å²) in [7, 11) is -3.56. The molecule has 0 spiro atoms. The van der Waals surface area contributed by atoms with Crippen LogP contribution in [0.4, 0.5) is 10.1 Å². The topological polar surface area (TPSA) is 75.3 Å². The van der Waals surface area contributed by atoms with E-state index in [0.29, 0.717) is 5.69 Å². The normalized spacial score (nSPS) is 12.8. The first kappa shape index (κ1) is 20.4. The SMILES string of the molecule is CC(C)NS(=O)(=O)c1ccc(NC(=O)C(C)Sc2ccc(F)cc2)cc1. The van der Waals surface area contributed by atoms with Gasteiger partial charge in [0.1, 0.15) is 5.82 Å². The van der Waals surface area contributed by atoms with E-state index in [1.54, 1.807) is 45.0 Å². The Hall–Kier alpha value is -1.90. The summed E-state index contributed by atoms with van der Waals surface area (Å²) in [6.45, 7) is 5.23. The molecule has 0 bridgehead atoms. The van der Waals surface area contributed by atoms with Gasteiger partial charge >= 0.3 is 0 Å². The molecule has 140 valence electrons. The molecule has 0 aromatic heterocycles. The zero-order chi connectivity index (χ0) is 19.3. The Morgan fingerprint density at radius 1 is 1.00 bits per heavy atom. The van der Waals surface area contributed by atoms with E-state index in [1.807, 2.05) is 0 Å². The first-order valence-corrected chi connectivity index (χ1v) is 10.4. The maximum absolute atomic E-state index is 12.9. The Morgan fingerprint density at radius 3 is 2.12 bits per heavy atom. The van der Waals surface area contributed by atoms with Gasteiger partial charge in [0.25, 0.3) is 0 Å². The number of hydrogen-bond donors (Lipinski definition) is 2. The van der Waals surface area contributed by atoms with Crippen molar-refractivity contribution in [2.45, 2.75) is 41.9 Å². The molecule has 1 amide bonds. The van der Waals surface area contributed by atoms with E-state index >= 15 is 0 Å². The molecule has 1 atom stereocenters. The first-order chi connectivity index (χ1) is 12.2. The van der Waals surface area contributed by atoms with Gasteiger partial charge in [0, 0.05) is 16.6 Å².